The average Bonchev–Trinajstić information content (AvgIpc) is 2.30. The Bertz CT molecular complexity index is 328. The van der Waals surface area contributed by atoms with Gasteiger partial charge in [-0.05, 0) is 25.0 Å². The zero-order valence-electron chi connectivity index (χ0n) is 10.2. The van der Waals surface area contributed by atoms with Crippen molar-refractivity contribution in [3.8, 4) is 5.75 Å². The minimum Gasteiger partial charge on any atom is -0.494 e. The van der Waals surface area contributed by atoms with Gasteiger partial charge in [0.1, 0.15) is 0 Å². The van der Waals surface area contributed by atoms with E-state index < -0.39 is 0 Å². The molecular weight excluding hydrogens is 205 g/mol. The first-order valence-electron chi connectivity index (χ1n) is 5.81. The van der Waals surface area contributed by atoms with Gasteiger partial charge in [-0.2, -0.15) is 0 Å². The van der Waals surface area contributed by atoms with E-state index in [1.54, 1.807) is 12.1 Å². The molecule has 0 bridgehead atoms. The first-order valence-corrected chi connectivity index (χ1v) is 5.81. The van der Waals surface area contributed by atoms with Gasteiger partial charge in [-0.25, -0.2) is 4.39 Å². The standard InChI is InChI=1S/C13H20FNO/c1-4-6-10(5-2)15-11-7-8-12(14)13(9-11)16-3/h7-10,15H,4-6H2,1-3H3. The molecule has 0 aromatic heterocycles. The van der Waals surface area contributed by atoms with E-state index in [1.807, 2.05) is 0 Å². The molecule has 1 N–H and O–H groups in total. The molecule has 0 aliphatic rings. The Morgan fingerprint density at radius 3 is 2.69 bits per heavy atom. The van der Waals surface area contributed by atoms with Crippen LogP contribution in [0.2, 0.25) is 0 Å². The van der Waals surface area contributed by atoms with Gasteiger partial charge < -0.3 is 10.1 Å². The first kappa shape index (κ1) is 12.8. The molecule has 1 aromatic rings. The molecule has 90 valence electrons. The summed E-state index contributed by atoms with van der Waals surface area (Å²) in [5.41, 5.74) is 0.915. The van der Waals surface area contributed by atoms with E-state index >= 15 is 0 Å². The third-order valence-corrected chi connectivity index (χ3v) is 2.65. The molecule has 0 amide bonds. The molecule has 0 fully saturated rings. The average molecular weight is 225 g/mol. The summed E-state index contributed by atoms with van der Waals surface area (Å²) >= 11 is 0. The molecule has 1 aromatic carbocycles. The normalized spacial score (nSPS) is 12.2. The number of rotatable bonds is 6. The molecule has 0 saturated carbocycles. The molecule has 2 nitrogen and oxygen atoms in total. The number of hydrogen-bond donors (Lipinski definition) is 1. The SMILES string of the molecule is CCCC(CC)Nc1ccc(F)c(OC)c1. The highest BCUT2D eigenvalue weighted by Gasteiger charge is 2.07. The van der Waals surface area contributed by atoms with Gasteiger partial charge in [-0.15, -0.1) is 0 Å². The van der Waals surface area contributed by atoms with E-state index in [1.165, 1.54) is 13.2 Å². The summed E-state index contributed by atoms with van der Waals surface area (Å²) in [6, 6.07) is 5.32. The highest BCUT2D eigenvalue weighted by molar-refractivity contribution is 5.49. The quantitative estimate of drug-likeness (QED) is 0.794. The number of hydrogen-bond acceptors (Lipinski definition) is 2. The maximum atomic E-state index is 13.2. The van der Waals surface area contributed by atoms with Gasteiger partial charge in [0.15, 0.2) is 11.6 Å². The molecule has 16 heavy (non-hydrogen) atoms. The van der Waals surface area contributed by atoms with Gasteiger partial charge in [-0.1, -0.05) is 20.3 Å². The molecule has 1 atom stereocenters. The Morgan fingerprint density at radius 2 is 2.12 bits per heavy atom. The van der Waals surface area contributed by atoms with Crippen LogP contribution in [0.4, 0.5) is 10.1 Å². The van der Waals surface area contributed by atoms with Crippen LogP contribution in [0.15, 0.2) is 18.2 Å². The van der Waals surface area contributed by atoms with Crippen LogP contribution >= 0.6 is 0 Å². The Kier molecular flexibility index (Phi) is 5.09. The van der Waals surface area contributed by atoms with Gasteiger partial charge in [0.25, 0.3) is 0 Å². The van der Waals surface area contributed by atoms with Gasteiger partial charge >= 0.3 is 0 Å². The van der Waals surface area contributed by atoms with Crippen molar-refractivity contribution in [2.24, 2.45) is 0 Å². The fourth-order valence-corrected chi connectivity index (χ4v) is 1.71. The fraction of sp³-hybridized carbons (Fsp3) is 0.538. The Balaban J connectivity index is 2.72. The van der Waals surface area contributed by atoms with Crippen molar-refractivity contribution >= 4 is 5.69 Å². The van der Waals surface area contributed by atoms with Gasteiger partial charge in [0.05, 0.1) is 7.11 Å². The second-order valence-electron chi connectivity index (χ2n) is 3.89. The van der Waals surface area contributed by atoms with E-state index in [4.69, 9.17) is 4.74 Å². The minimum absolute atomic E-state index is 0.288. The summed E-state index contributed by atoms with van der Waals surface area (Å²) in [6.07, 6.45) is 3.33. The van der Waals surface area contributed by atoms with Gasteiger partial charge in [0.2, 0.25) is 0 Å². The lowest BCUT2D eigenvalue weighted by atomic mass is 10.1. The lowest BCUT2D eigenvalue weighted by Crippen LogP contribution is -2.17. The van der Waals surface area contributed by atoms with Gasteiger partial charge in [0, 0.05) is 17.8 Å². The van der Waals surface area contributed by atoms with Crippen LogP contribution < -0.4 is 10.1 Å². The number of anilines is 1. The van der Waals surface area contributed by atoms with E-state index in [2.05, 4.69) is 19.2 Å². The summed E-state index contributed by atoms with van der Waals surface area (Å²) in [5, 5.41) is 3.38. The van der Waals surface area contributed by atoms with Crippen molar-refractivity contribution in [1.29, 1.82) is 0 Å². The van der Waals surface area contributed by atoms with E-state index in [-0.39, 0.29) is 11.6 Å². The first-order chi connectivity index (χ1) is 7.71. The predicted molar refractivity (Wildman–Crippen MR) is 65.6 cm³/mol. The summed E-state index contributed by atoms with van der Waals surface area (Å²) in [6.45, 7) is 4.31. The monoisotopic (exact) mass is 225 g/mol. The van der Waals surface area contributed by atoms with Crippen LogP contribution in [0.1, 0.15) is 33.1 Å². The highest BCUT2D eigenvalue weighted by atomic mass is 19.1. The highest BCUT2D eigenvalue weighted by Crippen LogP contribution is 2.22. The number of nitrogens with one attached hydrogen (secondary N) is 1. The van der Waals surface area contributed by atoms with Crippen LogP contribution in [0.25, 0.3) is 0 Å². The zero-order valence-corrected chi connectivity index (χ0v) is 10.2. The lowest BCUT2D eigenvalue weighted by Gasteiger charge is -2.18. The maximum Gasteiger partial charge on any atom is 0.165 e. The molecule has 0 aliphatic heterocycles. The molecule has 0 spiro atoms. The van der Waals surface area contributed by atoms with Crippen LogP contribution in [0.5, 0.6) is 5.75 Å². The largest absolute Gasteiger partial charge is 0.494 e. The van der Waals surface area contributed by atoms with Crippen LogP contribution in [-0.2, 0) is 0 Å². The molecule has 1 rings (SSSR count). The fourth-order valence-electron chi connectivity index (χ4n) is 1.71. The third kappa shape index (κ3) is 3.40. The number of ether oxygens (including phenoxy) is 1. The van der Waals surface area contributed by atoms with Crippen molar-refractivity contribution in [2.45, 2.75) is 39.2 Å². The van der Waals surface area contributed by atoms with E-state index in [0.717, 1.165) is 24.9 Å². The maximum absolute atomic E-state index is 13.2. The Labute approximate surface area is 96.8 Å². The van der Waals surface area contributed by atoms with Crippen molar-refractivity contribution in [2.75, 3.05) is 12.4 Å². The third-order valence-electron chi connectivity index (χ3n) is 2.65. The summed E-state index contributed by atoms with van der Waals surface area (Å²) in [4.78, 5) is 0. The minimum atomic E-state index is -0.323. The van der Waals surface area contributed by atoms with Crippen molar-refractivity contribution < 1.29 is 9.13 Å². The second-order valence-corrected chi connectivity index (χ2v) is 3.89. The summed E-state index contributed by atoms with van der Waals surface area (Å²) < 4.78 is 18.1. The molecule has 3 heteroatoms. The Hall–Kier alpha value is -1.25. The van der Waals surface area contributed by atoms with Crippen LogP contribution in [0, 0.1) is 5.82 Å². The predicted octanol–water partition coefficient (Wildman–Crippen LogP) is 3.82. The van der Waals surface area contributed by atoms with Crippen LogP contribution in [0.3, 0.4) is 0 Å². The molecule has 1 unspecified atom stereocenters. The Morgan fingerprint density at radius 1 is 1.38 bits per heavy atom. The molecular formula is C13H20FNO. The topological polar surface area (TPSA) is 21.3 Å². The molecule has 0 radical (unpaired) electrons. The van der Waals surface area contributed by atoms with Crippen molar-refractivity contribution in [1.82, 2.24) is 0 Å². The summed E-state index contributed by atoms with van der Waals surface area (Å²) in [7, 11) is 1.48. The van der Waals surface area contributed by atoms with Gasteiger partial charge in [-0.3, -0.25) is 0 Å². The molecule has 0 heterocycles. The van der Waals surface area contributed by atoms with Crippen molar-refractivity contribution in [3.63, 3.8) is 0 Å². The van der Waals surface area contributed by atoms with E-state index in [0.29, 0.717) is 6.04 Å². The molecule has 0 aliphatic carbocycles. The number of methoxy groups -OCH3 is 1. The number of halogens is 1. The van der Waals surface area contributed by atoms with Crippen molar-refractivity contribution in [3.05, 3.63) is 24.0 Å². The second kappa shape index (κ2) is 6.36. The molecule has 0 saturated heterocycles. The van der Waals surface area contributed by atoms with E-state index in [9.17, 15) is 4.39 Å². The lowest BCUT2D eigenvalue weighted by molar-refractivity contribution is 0.386. The summed E-state index contributed by atoms with van der Waals surface area (Å²) in [5.74, 6) is -0.0343. The smallest absolute Gasteiger partial charge is 0.165 e. The zero-order chi connectivity index (χ0) is 12.0. The van der Waals surface area contributed by atoms with Crippen LogP contribution in [-0.4, -0.2) is 13.2 Å². The number of benzene rings is 1.